The van der Waals surface area contributed by atoms with Gasteiger partial charge in [-0.15, -0.1) is 0 Å². The van der Waals surface area contributed by atoms with Crippen molar-refractivity contribution in [2.75, 3.05) is 0 Å². The molecule has 0 atom stereocenters. The second-order valence-electron chi connectivity index (χ2n) is 3.33. The number of thiocarbonyl (C=S) groups is 1. The Morgan fingerprint density at radius 3 is 2.00 bits per heavy atom. The van der Waals surface area contributed by atoms with Gasteiger partial charge in [0.15, 0.2) is 0 Å². The van der Waals surface area contributed by atoms with E-state index in [0.29, 0.717) is 0 Å². The summed E-state index contributed by atoms with van der Waals surface area (Å²) in [4.78, 5) is 3.18. The molecule has 0 unspecified atom stereocenters. The first-order chi connectivity index (χ1) is 8.51. The third-order valence-electron chi connectivity index (χ3n) is 1.85. The minimum atomic E-state index is -5.60. The van der Waals surface area contributed by atoms with E-state index < -0.39 is 24.3 Å². The number of rotatable bonds is 3. The summed E-state index contributed by atoms with van der Waals surface area (Å²) in [5, 5.41) is 0. The zero-order valence-electron chi connectivity index (χ0n) is 8.92. The molecule has 1 rings (SSSR count). The van der Waals surface area contributed by atoms with Gasteiger partial charge < -0.3 is 10.5 Å². The molecule has 3 nitrogen and oxygen atoms in total. The van der Waals surface area contributed by atoms with Crippen LogP contribution in [0.2, 0.25) is 0 Å². The Labute approximate surface area is 108 Å². The van der Waals surface area contributed by atoms with Gasteiger partial charge in [0.2, 0.25) is 5.88 Å². The number of hydrogen-bond acceptors (Lipinski definition) is 3. The molecule has 0 amide bonds. The van der Waals surface area contributed by atoms with Crippen LogP contribution in [0.15, 0.2) is 18.3 Å². The summed E-state index contributed by atoms with van der Waals surface area (Å²) in [6.07, 6.45) is -14.2. The van der Waals surface area contributed by atoms with E-state index in [9.17, 15) is 26.3 Å². The average Bonchev–Trinajstić information content (AvgIpc) is 2.23. The smallest absolute Gasteiger partial charge is 0.434 e. The van der Waals surface area contributed by atoms with Crippen LogP contribution in [0.4, 0.5) is 26.3 Å². The monoisotopic (exact) mass is 304 g/mol. The highest BCUT2D eigenvalue weighted by Crippen LogP contribution is 2.35. The lowest BCUT2D eigenvalue weighted by Crippen LogP contribution is -2.46. The zero-order valence-corrected chi connectivity index (χ0v) is 9.73. The topological polar surface area (TPSA) is 48.1 Å². The first-order valence-electron chi connectivity index (χ1n) is 4.58. The second kappa shape index (κ2) is 5.19. The summed E-state index contributed by atoms with van der Waals surface area (Å²) in [7, 11) is 0. The number of aromatic nitrogens is 1. The Hall–Kier alpha value is -1.58. The van der Waals surface area contributed by atoms with Crippen molar-refractivity contribution in [1.29, 1.82) is 0 Å². The zero-order chi connectivity index (χ0) is 14.8. The predicted molar refractivity (Wildman–Crippen MR) is 56.7 cm³/mol. The Bertz CT molecular complexity index is 441. The first kappa shape index (κ1) is 15.5. The fourth-order valence-electron chi connectivity index (χ4n) is 1.04. The van der Waals surface area contributed by atoms with Gasteiger partial charge in [-0.1, -0.05) is 12.2 Å². The van der Waals surface area contributed by atoms with Crippen molar-refractivity contribution in [3.05, 3.63) is 23.9 Å². The van der Waals surface area contributed by atoms with Crippen molar-refractivity contribution >= 4 is 17.2 Å². The van der Waals surface area contributed by atoms with E-state index in [1.807, 2.05) is 0 Å². The molecule has 1 aromatic rings. The van der Waals surface area contributed by atoms with Gasteiger partial charge in [0.1, 0.15) is 4.99 Å². The number of alkyl halides is 6. The number of pyridine rings is 1. The molecule has 0 fully saturated rings. The van der Waals surface area contributed by atoms with E-state index in [-0.39, 0.29) is 10.6 Å². The number of nitrogens with zero attached hydrogens (tertiary/aromatic N) is 1. The Morgan fingerprint density at radius 2 is 1.68 bits per heavy atom. The molecule has 19 heavy (non-hydrogen) atoms. The molecule has 10 heteroatoms. The second-order valence-corrected chi connectivity index (χ2v) is 3.77. The third-order valence-corrected chi connectivity index (χ3v) is 2.09. The van der Waals surface area contributed by atoms with Crippen molar-refractivity contribution < 1.29 is 31.1 Å². The van der Waals surface area contributed by atoms with Crippen LogP contribution < -0.4 is 10.5 Å². The van der Waals surface area contributed by atoms with Gasteiger partial charge in [0.25, 0.3) is 6.10 Å². The van der Waals surface area contributed by atoms with E-state index in [2.05, 4.69) is 21.9 Å². The van der Waals surface area contributed by atoms with Crippen LogP contribution in [-0.4, -0.2) is 28.4 Å². The van der Waals surface area contributed by atoms with Gasteiger partial charge in [-0.05, 0) is 6.07 Å². The maximum atomic E-state index is 12.2. The normalized spacial score (nSPS) is 12.6. The molecule has 106 valence electrons. The molecule has 0 aromatic carbocycles. The number of ether oxygens (including phenoxy) is 1. The van der Waals surface area contributed by atoms with Crippen molar-refractivity contribution in [2.45, 2.75) is 18.5 Å². The molecular weight excluding hydrogens is 298 g/mol. The quantitative estimate of drug-likeness (QED) is 0.689. The lowest BCUT2D eigenvalue weighted by atomic mass is 10.3. The van der Waals surface area contributed by atoms with Gasteiger partial charge >= 0.3 is 12.4 Å². The molecule has 1 aromatic heterocycles. The molecule has 0 spiro atoms. The first-order valence-corrected chi connectivity index (χ1v) is 4.98. The van der Waals surface area contributed by atoms with Crippen molar-refractivity contribution in [3.8, 4) is 5.88 Å². The van der Waals surface area contributed by atoms with Gasteiger partial charge in [-0.25, -0.2) is 4.98 Å². The van der Waals surface area contributed by atoms with E-state index in [1.54, 1.807) is 0 Å². The molecule has 0 aliphatic carbocycles. The Balaban J connectivity index is 2.95. The third kappa shape index (κ3) is 4.23. The minimum Gasteiger partial charge on any atom is -0.455 e. The van der Waals surface area contributed by atoms with Gasteiger partial charge in [-0.2, -0.15) is 26.3 Å². The van der Waals surface area contributed by atoms with E-state index in [4.69, 9.17) is 5.73 Å². The minimum absolute atomic E-state index is 0.0951. The lowest BCUT2D eigenvalue weighted by molar-refractivity contribution is -0.300. The molecule has 2 N–H and O–H groups in total. The van der Waals surface area contributed by atoms with Crippen molar-refractivity contribution in [2.24, 2.45) is 5.73 Å². The highest BCUT2D eigenvalue weighted by Gasteiger charge is 2.59. The fraction of sp³-hybridized carbons (Fsp3) is 0.333. The van der Waals surface area contributed by atoms with E-state index >= 15 is 0 Å². The Kier molecular flexibility index (Phi) is 4.23. The summed E-state index contributed by atoms with van der Waals surface area (Å²) in [6.45, 7) is 0. The summed E-state index contributed by atoms with van der Waals surface area (Å²) in [5.74, 6) is -0.834. The van der Waals surface area contributed by atoms with Crippen LogP contribution in [0.3, 0.4) is 0 Å². The molecule has 0 radical (unpaired) electrons. The molecule has 0 bridgehead atoms. The number of nitrogens with two attached hydrogens (primary N) is 1. The van der Waals surface area contributed by atoms with Crippen LogP contribution in [0.5, 0.6) is 5.88 Å². The highest BCUT2D eigenvalue weighted by atomic mass is 32.1. The van der Waals surface area contributed by atoms with E-state index in [1.165, 1.54) is 0 Å². The molecule has 0 aliphatic rings. The van der Waals surface area contributed by atoms with Crippen LogP contribution in [0, 0.1) is 0 Å². The summed E-state index contributed by atoms with van der Waals surface area (Å²) >= 11 is 4.55. The fourth-order valence-corrected chi connectivity index (χ4v) is 1.16. The van der Waals surface area contributed by atoms with Crippen LogP contribution in [0.1, 0.15) is 5.56 Å². The summed E-state index contributed by atoms with van der Waals surface area (Å²) in [5.41, 5.74) is 5.39. The van der Waals surface area contributed by atoms with Gasteiger partial charge in [0, 0.05) is 17.8 Å². The standard InChI is InChI=1S/C9H6F6N2OS/c10-8(11,12)7(9(13,14)15)18-5-2-1-4(3-17-5)6(16)19/h1-3,7H,(H2,16,19). The molecular formula is C9H6F6N2OS. The van der Waals surface area contributed by atoms with Gasteiger partial charge in [-0.3, -0.25) is 0 Å². The number of halogens is 6. The van der Waals surface area contributed by atoms with Crippen LogP contribution in [0.25, 0.3) is 0 Å². The predicted octanol–water partition coefficient (Wildman–Crippen LogP) is 2.59. The van der Waals surface area contributed by atoms with Gasteiger partial charge in [0.05, 0.1) is 0 Å². The lowest BCUT2D eigenvalue weighted by Gasteiger charge is -2.23. The maximum Gasteiger partial charge on any atom is 0.434 e. The van der Waals surface area contributed by atoms with E-state index in [0.717, 1.165) is 18.3 Å². The molecule has 0 saturated carbocycles. The SMILES string of the molecule is NC(=S)c1ccc(OC(C(F)(F)F)C(F)(F)F)nc1. The molecule has 0 aliphatic heterocycles. The molecule has 1 heterocycles. The molecule has 0 saturated heterocycles. The highest BCUT2D eigenvalue weighted by molar-refractivity contribution is 7.80. The van der Waals surface area contributed by atoms with Crippen LogP contribution >= 0.6 is 12.2 Å². The maximum absolute atomic E-state index is 12.2. The average molecular weight is 304 g/mol. The largest absolute Gasteiger partial charge is 0.455 e. The summed E-state index contributed by atoms with van der Waals surface area (Å²) in [6, 6.07) is 1.92. The summed E-state index contributed by atoms with van der Waals surface area (Å²) < 4.78 is 77.0. The van der Waals surface area contributed by atoms with Crippen LogP contribution in [-0.2, 0) is 0 Å². The number of hydrogen-bond donors (Lipinski definition) is 1. The van der Waals surface area contributed by atoms with Crippen molar-refractivity contribution in [1.82, 2.24) is 4.98 Å². The Morgan fingerprint density at radius 1 is 1.16 bits per heavy atom. The van der Waals surface area contributed by atoms with Crippen molar-refractivity contribution in [3.63, 3.8) is 0 Å².